The van der Waals surface area contributed by atoms with Gasteiger partial charge in [-0.05, 0) is 75.5 Å². The monoisotopic (exact) mass is 341 g/mol. The van der Waals surface area contributed by atoms with E-state index in [-0.39, 0.29) is 11.8 Å². The molecule has 25 heavy (non-hydrogen) atoms. The molecule has 1 aromatic carbocycles. The summed E-state index contributed by atoms with van der Waals surface area (Å²) < 4.78 is 0. The minimum Gasteiger partial charge on any atom is -0.352 e. The summed E-state index contributed by atoms with van der Waals surface area (Å²) in [4.78, 5) is 26.2. The highest BCUT2D eigenvalue weighted by molar-refractivity contribution is 5.95. The quantitative estimate of drug-likeness (QED) is 0.779. The van der Waals surface area contributed by atoms with Gasteiger partial charge in [0, 0.05) is 24.2 Å². The highest BCUT2D eigenvalue weighted by Crippen LogP contribution is 2.19. The van der Waals surface area contributed by atoms with Crippen molar-refractivity contribution >= 4 is 17.9 Å². The second-order valence-corrected chi connectivity index (χ2v) is 7.19. The fourth-order valence-electron chi connectivity index (χ4n) is 2.98. The Balaban J connectivity index is 1.42. The Morgan fingerprint density at radius 1 is 1.12 bits per heavy atom. The van der Waals surface area contributed by atoms with E-state index in [1.165, 1.54) is 0 Å². The Morgan fingerprint density at radius 2 is 1.80 bits per heavy atom. The number of nitrogens with one attached hydrogen (secondary N) is 2. The molecule has 0 radical (unpaired) electrons. The summed E-state index contributed by atoms with van der Waals surface area (Å²) in [6.07, 6.45) is 7.80. The summed E-state index contributed by atoms with van der Waals surface area (Å²) in [5.41, 5.74) is 1.58. The van der Waals surface area contributed by atoms with Crippen LogP contribution in [-0.4, -0.2) is 49.4 Å². The molecule has 1 aliphatic heterocycles. The number of hydrogen-bond donors (Lipinski definition) is 2. The van der Waals surface area contributed by atoms with Crippen LogP contribution in [0.4, 0.5) is 0 Å². The van der Waals surface area contributed by atoms with Crippen LogP contribution in [0.25, 0.3) is 6.08 Å². The van der Waals surface area contributed by atoms with Crippen molar-refractivity contribution in [3.8, 4) is 0 Å². The zero-order valence-electron chi connectivity index (χ0n) is 14.8. The van der Waals surface area contributed by atoms with E-state index < -0.39 is 0 Å². The Bertz CT molecular complexity index is 627. The Hall–Kier alpha value is -2.14. The second-order valence-electron chi connectivity index (χ2n) is 7.19. The number of carbonyl (C=O) groups excluding carboxylic acids is 2. The van der Waals surface area contributed by atoms with E-state index in [1.54, 1.807) is 24.3 Å². The second kappa shape index (κ2) is 8.30. The Morgan fingerprint density at radius 3 is 2.44 bits per heavy atom. The van der Waals surface area contributed by atoms with E-state index in [1.807, 2.05) is 12.1 Å². The fourth-order valence-corrected chi connectivity index (χ4v) is 2.98. The molecule has 0 atom stereocenters. The van der Waals surface area contributed by atoms with Crippen LogP contribution in [0.3, 0.4) is 0 Å². The third-order valence-corrected chi connectivity index (χ3v) is 4.92. The van der Waals surface area contributed by atoms with Crippen molar-refractivity contribution in [2.24, 2.45) is 5.92 Å². The lowest BCUT2D eigenvalue weighted by Gasteiger charge is -2.28. The molecule has 3 rings (SSSR count). The van der Waals surface area contributed by atoms with Gasteiger partial charge in [0.2, 0.25) is 5.91 Å². The summed E-state index contributed by atoms with van der Waals surface area (Å²) in [5.74, 6) is 0.501. The lowest BCUT2D eigenvalue weighted by molar-refractivity contribution is -0.116. The van der Waals surface area contributed by atoms with Crippen molar-refractivity contribution in [3.05, 3.63) is 41.5 Å². The first-order valence-electron chi connectivity index (χ1n) is 9.15. The fraction of sp³-hybridized carbons (Fsp3) is 0.500. The number of benzene rings is 1. The molecule has 0 unspecified atom stereocenters. The minimum absolute atomic E-state index is 0.0195. The predicted octanol–water partition coefficient (Wildman–Crippen LogP) is 2.05. The van der Waals surface area contributed by atoms with Gasteiger partial charge in [-0.2, -0.15) is 0 Å². The first kappa shape index (κ1) is 17.7. The molecular weight excluding hydrogens is 314 g/mol. The van der Waals surface area contributed by atoms with E-state index in [2.05, 4.69) is 22.6 Å². The van der Waals surface area contributed by atoms with Crippen LogP contribution < -0.4 is 10.6 Å². The van der Waals surface area contributed by atoms with Gasteiger partial charge in [-0.3, -0.25) is 9.59 Å². The van der Waals surface area contributed by atoms with Crippen LogP contribution >= 0.6 is 0 Å². The number of hydrogen-bond acceptors (Lipinski definition) is 3. The number of nitrogens with zero attached hydrogens (tertiary/aromatic N) is 1. The van der Waals surface area contributed by atoms with Gasteiger partial charge in [-0.1, -0.05) is 12.1 Å². The molecule has 0 bridgehead atoms. The molecule has 1 saturated heterocycles. The smallest absolute Gasteiger partial charge is 0.251 e. The van der Waals surface area contributed by atoms with Crippen molar-refractivity contribution in [1.82, 2.24) is 15.5 Å². The normalized spacial score (nSPS) is 19.1. The number of amides is 2. The molecule has 5 nitrogen and oxygen atoms in total. The van der Waals surface area contributed by atoms with Crippen molar-refractivity contribution in [1.29, 1.82) is 0 Å². The summed E-state index contributed by atoms with van der Waals surface area (Å²) in [5, 5.41) is 5.95. The molecule has 1 saturated carbocycles. The number of likely N-dealkylation sites (tertiary alicyclic amines) is 1. The molecule has 2 aliphatic rings. The van der Waals surface area contributed by atoms with E-state index in [0.717, 1.165) is 50.9 Å². The maximum Gasteiger partial charge on any atom is 0.251 e. The van der Waals surface area contributed by atoms with Crippen LogP contribution in [0, 0.1) is 5.92 Å². The predicted molar refractivity (Wildman–Crippen MR) is 99.2 cm³/mol. The van der Waals surface area contributed by atoms with E-state index in [0.29, 0.717) is 17.5 Å². The summed E-state index contributed by atoms with van der Waals surface area (Å²) in [6.45, 7) is 2.96. The molecule has 5 heteroatoms. The molecule has 1 aromatic rings. The van der Waals surface area contributed by atoms with Gasteiger partial charge >= 0.3 is 0 Å². The third kappa shape index (κ3) is 5.71. The van der Waals surface area contributed by atoms with Gasteiger partial charge in [0.15, 0.2) is 0 Å². The molecule has 2 N–H and O–H groups in total. The van der Waals surface area contributed by atoms with Crippen molar-refractivity contribution in [2.75, 3.05) is 26.7 Å². The van der Waals surface area contributed by atoms with Crippen LogP contribution in [0.15, 0.2) is 30.3 Å². The SMILES string of the molecule is CN1CCC(CNC(=O)/C=C\c2ccc(C(=O)NC3CC3)cc2)CC1. The van der Waals surface area contributed by atoms with Crippen LogP contribution in [0.5, 0.6) is 0 Å². The largest absolute Gasteiger partial charge is 0.352 e. The van der Waals surface area contributed by atoms with Crippen molar-refractivity contribution in [2.45, 2.75) is 31.7 Å². The summed E-state index contributed by atoms with van der Waals surface area (Å²) in [6, 6.07) is 7.69. The lowest BCUT2D eigenvalue weighted by Crippen LogP contribution is -2.36. The van der Waals surface area contributed by atoms with Gasteiger partial charge in [0.05, 0.1) is 0 Å². The standard InChI is InChI=1S/C20H27N3O2/c1-23-12-10-16(11-13-23)14-21-19(24)9-4-15-2-5-17(6-3-15)20(25)22-18-7-8-18/h2-6,9,16,18H,7-8,10-14H2,1H3,(H,21,24)(H,22,25)/b9-4-. The van der Waals surface area contributed by atoms with Crippen molar-refractivity contribution < 1.29 is 9.59 Å². The van der Waals surface area contributed by atoms with E-state index in [9.17, 15) is 9.59 Å². The third-order valence-electron chi connectivity index (χ3n) is 4.92. The average Bonchev–Trinajstić information content (AvgIpc) is 3.44. The molecule has 0 spiro atoms. The zero-order valence-corrected chi connectivity index (χ0v) is 14.8. The minimum atomic E-state index is -0.0607. The first-order chi connectivity index (χ1) is 12.1. The topological polar surface area (TPSA) is 61.4 Å². The first-order valence-corrected chi connectivity index (χ1v) is 9.15. The maximum absolute atomic E-state index is 12.0. The van der Waals surface area contributed by atoms with E-state index in [4.69, 9.17) is 0 Å². The number of carbonyl (C=O) groups is 2. The number of rotatable bonds is 6. The molecule has 134 valence electrons. The lowest BCUT2D eigenvalue weighted by atomic mass is 9.97. The molecule has 1 heterocycles. The van der Waals surface area contributed by atoms with Gasteiger partial charge < -0.3 is 15.5 Å². The maximum atomic E-state index is 12.0. The molecule has 2 fully saturated rings. The van der Waals surface area contributed by atoms with Gasteiger partial charge in [-0.15, -0.1) is 0 Å². The summed E-state index contributed by atoms with van der Waals surface area (Å²) in [7, 11) is 2.14. The van der Waals surface area contributed by atoms with Crippen molar-refractivity contribution in [3.63, 3.8) is 0 Å². The average molecular weight is 341 g/mol. The number of piperidine rings is 1. The zero-order chi connectivity index (χ0) is 17.6. The van der Waals surface area contributed by atoms with Crippen LogP contribution in [-0.2, 0) is 4.79 Å². The van der Waals surface area contributed by atoms with E-state index >= 15 is 0 Å². The molecular formula is C20H27N3O2. The highest BCUT2D eigenvalue weighted by atomic mass is 16.2. The van der Waals surface area contributed by atoms with Crippen LogP contribution in [0.1, 0.15) is 41.6 Å². The van der Waals surface area contributed by atoms with Gasteiger partial charge in [0.25, 0.3) is 5.91 Å². The molecule has 0 aromatic heterocycles. The highest BCUT2D eigenvalue weighted by Gasteiger charge is 2.23. The van der Waals surface area contributed by atoms with Gasteiger partial charge in [-0.25, -0.2) is 0 Å². The summed E-state index contributed by atoms with van der Waals surface area (Å²) >= 11 is 0. The Labute approximate surface area is 149 Å². The van der Waals surface area contributed by atoms with Gasteiger partial charge in [0.1, 0.15) is 0 Å². The van der Waals surface area contributed by atoms with Crippen LogP contribution in [0.2, 0.25) is 0 Å². The Kier molecular flexibility index (Phi) is 5.87. The molecule has 2 amide bonds. The molecule has 1 aliphatic carbocycles.